The molecule has 0 bridgehead atoms. The quantitative estimate of drug-likeness (QED) is 0.805. The van der Waals surface area contributed by atoms with Crippen molar-refractivity contribution in [1.29, 1.82) is 0 Å². The van der Waals surface area contributed by atoms with Crippen LogP contribution in [-0.2, 0) is 20.0 Å². The Morgan fingerprint density at radius 1 is 1.42 bits per heavy atom. The van der Waals surface area contributed by atoms with Crippen molar-refractivity contribution in [2.45, 2.75) is 32.7 Å². The Balaban J connectivity index is 2.29. The van der Waals surface area contributed by atoms with Gasteiger partial charge in [-0.05, 0) is 6.07 Å². The molecule has 0 aliphatic heterocycles. The summed E-state index contributed by atoms with van der Waals surface area (Å²) in [7, 11) is 1.89. The first kappa shape index (κ1) is 13.8. The predicted octanol–water partition coefficient (Wildman–Crippen LogP) is 2.00. The molecule has 0 saturated heterocycles. The lowest BCUT2D eigenvalue weighted by atomic mass is 10.2. The van der Waals surface area contributed by atoms with Gasteiger partial charge in [0.2, 0.25) is 0 Å². The van der Waals surface area contributed by atoms with E-state index in [1.807, 2.05) is 31.6 Å². The van der Waals surface area contributed by atoms with E-state index in [0.717, 1.165) is 17.9 Å². The van der Waals surface area contributed by atoms with Crippen molar-refractivity contribution in [1.82, 2.24) is 19.3 Å². The Kier molecular flexibility index (Phi) is 4.04. The van der Waals surface area contributed by atoms with Gasteiger partial charge in [0.1, 0.15) is 11.0 Å². The van der Waals surface area contributed by atoms with E-state index < -0.39 is 0 Å². The maximum Gasteiger partial charge on any atom is 0.255 e. The maximum absolute atomic E-state index is 12.0. The van der Waals surface area contributed by atoms with E-state index in [0.29, 0.717) is 6.54 Å². The largest absolute Gasteiger partial charge is 0.296 e. The van der Waals surface area contributed by atoms with E-state index in [2.05, 4.69) is 10.1 Å². The van der Waals surface area contributed by atoms with Crippen LogP contribution in [0.5, 0.6) is 0 Å². The van der Waals surface area contributed by atoms with Gasteiger partial charge in [-0.1, -0.05) is 25.4 Å². The lowest BCUT2D eigenvalue weighted by Crippen LogP contribution is -2.26. The highest BCUT2D eigenvalue weighted by atomic mass is 35.5. The number of aromatic nitrogens is 4. The third-order valence-corrected chi connectivity index (χ3v) is 3.23. The molecule has 0 amide bonds. The number of hydrogen-bond acceptors (Lipinski definition) is 3. The minimum atomic E-state index is -0.106. The fraction of sp³-hybridized carbons (Fsp3) is 0.462. The lowest BCUT2D eigenvalue weighted by molar-refractivity contribution is 0.563. The number of rotatable bonds is 4. The zero-order chi connectivity index (χ0) is 14.0. The summed E-state index contributed by atoms with van der Waals surface area (Å²) in [5, 5.41) is 4.37. The van der Waals surface area contributed by atoms with E-state index in [1.165, 1.54) is 6.07 Å². The van der Waals surface area contributed by atoms with Gasteiger partial charge in [-0.15, -0.1) is 0 Å². The molecule has 0 spiro atoms. The standard InChI is InChI=1S/C13H17ClN4O/c1-9(2)13-16-11(14)8-12(19)18(13)7-5-10-4-6-15-17(10)3/h4,6,8-9H,5,7H2,1-3H3. The van der Waals surface area contributed by atoms with Gasteiger partial charge < -0.3 is 0 Å². The van der Waals surface area contributed by atoms with Gasteiger partial charge in [0, 0.05) is 43.9 Å². The van der Waals surface area contributed by atoms with Crippen molar-refractivity contribution >= 4 is 11.6 Å². The summed E-state index contributed by atoms with van der Waals surface area (Å²) in [5.41, 5.74) is 0.974. The van der Waals surface area contributed by atoms with Crippen molar-refractivity contribution in [3.63, 3.8) is 0 Å². The fourth-order valence-corrected chi connectivity index (χ4v) is 2.21. The molecule has 102 valence electrons. The van der Waals surface area contributed by atoms with Gasteiger partial charge >= 0.3 is 0 Å². The molecule has 2 heterocycles. The summed E-state index contributed by atoms with van der Waals surface area (Å²) in [6.45, 7) is 4.58. The van der Waals surface area contributed by atoms with Crippen molar-refractivity contribution in [3.05, 3.63) is 45.4 Å². The van der Waals surface area contributed by atoms with Crippen LogP contribution in [0.25, 0.3) is 0 Å². The Morgan fingerprint density at radius 2 is 2.16 bits per heavy atom. The SMILES string of the molecule is CC(C)c1nc(Cl)cc(=O)n1CCc1ccnn1C. The highest BCUT2D eigenvalue weighted by Crippen LogP contribution is 2.13. The van der Waals surface area contributed by atoms with Crippen LogP contribution in [0.4, 0.5) is 0 Å². The number of aryl methyl sites for hydroxylation is 2. The summed E-state index contributed by atoms with van der Waals surface area (Å²) >= 11 is 5.85. The Morgan fingerprint density at radius 3 is 2.74 bits per heavy atom. The molecule has 0 aliphatic carbocycles. The summed E-state index contributed by atoms with van der Waals surface area (Å²) in [4.78, 5) is 16.3. The van der Waals surface area contributed by atoms with Crippen LogP contribution in [0.3, 0.4) is 0 Å². The molecule has 0 N–H and O–H groups in total. The second-order valence-corrected chi connectivity index (χ2v) is 5.17. The first-order valence-electron chi connectivity index (χ1n) is 6.23. The molecule has 0 radical (unpaired) electrons. The first-order chi connectivity index (χ1) is 8.99. The maximum atomic E-state index is 12.0. The van der Waals surface area contributed by atoms with Crippen LogP contribution < -0.4 is 5.56 Å². The van der Waals surface area contributed by atoms with Crippen LogP contribution in [0.2, 0.25) is 5.15 Å². The zero-order valence-electron chi connectivity index (χ0n) is 11.3. The Hall–Kier alpha value is -1.62. The molecular formula is C13H17ClN4O. The van der Waals surface area contributed by atoms with Crippen molar-refractivity contribution in [2.75, 3.05) is 0 Å². The van der Waals surface area contributed by atoms with Crippen LogP contribution in [0.1, 0.15) is 31.3 Å². The molecule has 0 fully saturated rings. The minimum absolute atomic E-state index is 0.106. The van der Waals surface area contributed by atoms with E-state index in [1.54, 1.807) is 10.8 Å². The van der Waals surface area contributed by atoms with Gasteiger partial charge in [0.15, 0.2) is 0 Å². The first-order valence-corrected chi connectivity index (χ1v) is 6.61. The van der Waals surface area contributed by atoms with Gasteiger partial charge in [-0.25, -0.2) is 4.98 Å². The van der Waals surface area contributed by atoms with Crippen molar-refractivity contribution in [3.8, 4) is 0 Å². The number of nitrogens with zero attached hydrogens (tertiary/aromatic N) is 4. The normalized spacial score (nSPS) is 11.2. The topological polar surface area (TPSA) is 52.7 Å². The highest BCUT2D eigenvalue weighted by molar-refractivity contribution is 6.29. The fourth-order valence-electron chi connectivity index (χ4n) is 2.03. The van der Waals surface area contributed by atoms with Crippen LogP contribution in [0.15, 0.2) is 23.1 Å². The third-order valence-electron chi connectivity index (χ3n) is 3.04. The molecule has 5 nitrogen and oxygen atoms in total. The molecule has 19 heavy (non-hydrogen) atoms. The minimum Gasteiger partial charge on any atom is -0.296 e. The molecule has 0 atom stereocenters. The monoisotopic (exact) mass is 280 g/mol. The second-order valence-electron chi connectivity index (χ2n) is 4.78. The van der Waals surface area contributed by atoms with Crippen LogP contribution in [0, 0.1) is 0 Å². The lowest BCUT2D eigenvalue weighted by Gasteiger charge is -2.14. The summed E-state index contributed by atoms with van der Waals surface area (Å²) in [6.07, 6.45) is 2.49. The summed E-state index contributed by atoms with van der Waals surface area (Å²) in [6, 6.07) is 3.31. The molecule has 2 rings (SSSR count). The highest BCUT2D eigenvalue weighted by Gasteiger charge is 2.12. The Labute approximate surface area is 116 Å². The molecule has 0 aromatic carbocycles. The van der Waals surface area contributed by atoms with Gasteiger partial charge in [0.05, 0.1) is 0 Å². The van der Waals surface area contributed by atoms with Crippen molar-refractivity contribution in [2.24, 2.45) is 7.05 Å². The van der Waals surface area contributed by atoms with Gasteiger partial charge in [-0.2, -0.15) is 5.10 Å². The van der Waals surface area contributed by atoms with E-state index in [9.17, 15) is 4.79 Å². The average molecular weight is 281 g/mol. The van der Waals surface area contributed by atoms with Crippen molar-refractivity contribution < 1.29 is 0 Å². The Bertz CT molecular complexity index is 630. The number of halogens is 1. The molecule has 0 saturated carbocycles. The average Bonchev–Trinajstić information content (AvgIpc) is 2.73. The second kappa shape index (κ2) is 5.57. The molecular weight excluding hydrogens is 264 g/mol. The van der Waals surface area contributed by atoms with E-state index >= 15 is 0 Å². The molecule has 0 aliphatic rings. The zero-order valence-corrected chi connectivity index (χ0v) is 12.1. The van der Waals surface area contributed by atoms with Gasteiger partial charge in [-0.3, -0.25) is 14.0 Å². The third kappa shape index (κ3) is 3.04. The molecule has 2 aromatic rings. The smallest absolute Gasteiger partial charge is 0.255 e. The molecule has 2 aromatic heterocycles. The predicted molar refractivity (Wildman–Crippen MR) is 74.5 cm³/mol. The number of hydrogen-bond donors (Lipinski definition) is 0. The van der Waals surface area contributed by atoms with E-state index in [-0.39, 0.29) is 16.6 Å². The summed E-state index contributed by atoms with van der Waals surface area (Å²) in [5.74, 6) is 0.873. The van der Waals surface area contributed by atoms with Crippen LogP contribution >= 0.6 is 11.6 Å². The van der Waals surface area contributed by atoms with Crippen LogP contribution in [-0.4, -0.2) is 19.3 Å². The molecule has 6 heteroatoms. The van der Waals surface area contributed by atoms with Gasteiger partial charge in [0.25, 0.3) is 5.56 Å². The van der Waals surface area contributed by atoms with E-state index in [4.69, 9.17) is 11.6 Å². The summed E-state index contributed by atoms with van der Waals surface area (Å²) < 4.78 is 3.49. The molecule has 0 unspecified atom stereocenters.